The second kappa shape index (κ2) is 8.35. The van der Waals surface area contributed by atoms with E-state index in [1.54, 1.807) is 0 Å². The van der Waals surface area contributed by atoms with Crippen LogP contribution in [0.1, 0.15) is 13.3 Å². The van der Waals surface area contributed by atoms with Crippen LogP contribution in [0.25, 0.3) is 0 Å². The number of ether oxygens (including phenoxy) is 1. The van der Waals surface area contributed by atoms with E-state index in [-0.39, 0.29) is 0 Å². The van der Waals surface area contributed by atoms with E-state index in [4.69, 9.17) is 0 Å². The molecule has 0 spiro atoms. The van der Waals surface area contributed by atoms with Gasteiger partial charge in [-0.25, -0.2) is 9.18 Å². The Labute approximate surface area is 171 Å². The Morgan fingerprint density at radius 1 is 0.636 bits per heavy atom. The molecule has 0 aromatic rings. The molecule has 0 unspecified atom stereocenters. The first-order chi connectivity index (χ1) is 14.1. The van der Waals surface area contributed by atoms with Crippen LogP contribution in [0.4, 0.5) is 74.6 Å². The maximum Gasteiger partial charge on any atom is 0.406 e. The Balaban J connectivity index is 6.48. The molecule has 0 aromatic carbocycles. The van der Waals surface area contributed by atoms with E-state index in [9.17, 15) is 79.4 Å². The molecule has 0 bridgehead atoms. The first-order valence-corrected chi connectivity index (χ1v) is 7.57. The van der Waals surface area contributed by atoms with Crippen molar-refractivity contribution in [2.45, 2.75) is 60.9 Å². The third-order valence-corrected chi connectivity index (χ3v) is 3.68. The van der Waals surface area contributed by atoms with Gasteiger partial charge in [-0.1, -0.05) is 6.58 Å². The van der Waals surface area contributed by atoms with Crippen LogP contribution in [0, 0.1) is 0 Å². The fourth-order valence-corrected chi connectivity index (χ4v) is 1.76. The van der Waals surface area contributed by atoms with Crippen LogP contribution < -0.4 is 0 Å². The summed E-state index contributed by atoms with van der Waals surface area (Å²) in [7, 11) is 0. The van der Waals surface area contributed by atoms with E-state index in [2.05, 4.69) is 11.3 Å². The molecule has 0 aliphatic carbocycles. The number of carbonyl (C=O) groups excluding carboxylic acids is 1. The third kappa shape index (κ3) is 4.81. The van der Waals surface area contributed by atoms with Crippen LogP contribution in [0.15, 0.2) is 12.2 Å². The minimum absolute atomic E-state index is 0.579. The number of alkyl halides is 17. The summed E-state index contributed by atoms with van der Waals surface area (Å²) in [5.74, 6) is -57.8. The van der Waals surface area contributed by atoms with E-state index in [1.807, 2.05) is 0 Å². The molecule has 33 heavy (non-hydrogen) atoms. The van der Waals surface area contributed by atoms with E-state index < -0.39 is 72.2 Å². The van der Waals surface area contributed by atoms with Crippen molar-refractivity contribution in [2.24, 2.45) is 0 Å². The lowest BCUT2D eigenvalue weighted by Gasteiger charge is -2.42. The fourth-order valence-electron chi connectivity index (χ4n) is 1.76. The molecule has 0 amide bonds. The first kappa shape index (κ1) is 31.0. The third-order valence-electron chi connectivity index (χ3n) is 3.68. The van der Waals surface area contributed by atoms with Gasteiger partial charge < -0.3 is 4.74 Å². The molecule has 0 saturated carbocycles. The van der Waals surface area contributed by atoms with Crippen LogP contribution in [0.2, 0.25) is 0 Å². The lowest BCUT2D eigenvalue weighted by molar-refractivity contribution is -0.445. The summed E-state index contributed by atoms with van der Waals surface area (Å²) in [5, 5.41) is 0. The largest absolute Gasteiger partial charge is 0.406 e. The SMILES string of the molecule is C=C(C)C(=O)OC(F)(F)CC(F)(F)C(F)(F)C(F)(F)C(F)(F)C(F)(F)C(F)(F)C(F)(F)CF. The summed E-state index contributed by atoms with van der Waals surface area (Å²) in [6, 6.07) is 0. The second-order valence-electron chi connectivity index (χ2n) is 6.40. The molecule has 0 N–H and O–H groups in total. The maximum absolute atomic E-state index is 13.5. The minimum Gasteiger partial charge on any atom is -0.397 e. The monoisotopic (exact) mass is 532 g/mol. The average molecular weight is 532 g/mol. The zero-order valence-corrected chi connectivity index (χ0v) is 15.4. The lowest BCUT2D eigenvalue weighted by Crippen LogP contribution is -2.73. The van der Waals surface area contributed by atoms with Crippen LogP contribution in [-0.4, -0.2) is 60.2 Å². The van der Waals surface area contributed by atoms with Crippen molar-refractivity contribution in [2.75, 3.05) is 6.67 Å². The van der Waals surface area contributed by atoms with E-state index in [1.165, 1.54) is 0 Å². The normalized spacial score (nSPS) is 15.5. The van der Waals surface area contributed by atoms with E-state index in [0.717, 1.165) is 0 Å². The average Bonchev–Trinajstić information content (AvgIpc) is 2.58. The number of halogens is 17. The van der Waals surface area contributed by atoms with Gasteiger partial charge in [0.1, 0.15) is 6.42 Å². The Morgan fingerprint density at radius 2 is 0.939 bits per heavy atom. The zero-order chi connectivity index (χ0) is 27.3. The van der Waals surface area contributed by atoms with Crippen LogP contribution in [0.3, 0.4) is 0 Å². The highest BCUT2D eigenvalue weighted by Crippen LogP contribution is 2.63. The minimum atomic E-state index is -8.53. The zero-order valence-electron chi connectivity index (χ0n) is 15.4. The van der Waals surface area contributed by atoms with Crippen molar-refractivity contribution in [1.29, 1.82) is 0 Å². The van der Waals surface area contributed by atoms with Crippen LogP contribution in [-0.2, 0) is 9.53 Å². The predicted octanol–water partition coefficient (Wildman–Crippen LogP) is 6.51. The quantitative estimate of drug-likeness (QED) is 0.173. The topological polar surface area (TPSA) is 26.3 Å². The molecule has 0 fully saturated rings. The number of hydrogen-bond acceptors (Lipinski definition) is 2. The van der Waals surface area contributed by atoms with Crippen molar-refractivity contribution in [3.63, 3.8) is 0 Å². The van der Waals surface area contributed by atoms with Gasteiger partial charge in [-0.2, -0.15) is 70.2 Å². The van der Waals surface area contributed by atoms with Gasteiger partial charge in [0.2, 0.25) is 0 Å². The smallest absolute Gasteiger partial charge is 0.397 e. The molecule has 0 heterocycles. The van der Waals surface area contributed by atoms with Gasteiger partial charge in [-0.15, -0.1) is 0 Å². The molecule has 196 valence electrons. The molecular weight excluding hydrogens is 523 g/mol. The van der Waals surface area contributed by atoms with E-state index in [0.29, 0.717) is 6.92 Å². The van der Waals surface area contributed by atoms with Gasteiger partial charge in [-0.3, -0.25) is 0 Å². The lowest BCUT2D eigenvalue weighted by atomic mass is 9.88. The number of esters is 1. The molecule has 2 nitrogen and oxygen atoms in total. The molecule has 0 rings (SSSR count). The summed E-state index contributed by atoms with van der Waals surface area (Å²) in [4.78, 5) is 10.8. The van der Waals surface area contributed by atoms with Gasteiger partial charge >= 0.3 is 53.5 Å². The molecule has 0 aliphatic heterocycles. The predicted molar refractivity (Wildman–Crippen MR) is 71.1 cm³/mol. The first-order valence-electron chi connectivity index (χ1n) is 7.57. The molecule has 0 atom stereocenters. The standard InChI is InChI=1S/C14H9F17O2/c1-5(2)6(32)33-9(20,21)3-7(16,17)10(22,23)12(26,27)14(30,31)13(28,29)11(24,25)8(18,19)4-15/h1,3-4H2,2H3. The van der Waals surface area contributed by atoms with Crippen molar-refractivity contribution in [3.05, 3.63) is 12.2 Å². The van der Waals surface area contributed by atoms with Crippen molar-refractivity contribution < 1.29 is 84.2 Å². The van der Waals surface area contributed by atoms with Crippen molar-refractivity contribution >= 4 is 5.97 Å². The second-order valence-corrected chi connectivity index (χ2v) is 6.40. The summed E-state index contributed by atoms with van der Waals surface area (Å²) in [5.41, 5.74) is -1.02. The highest BCUT2D eigenvalue weighted by atomic mass is 19.4. The van der Waals surface area contributed by atoms with Gasteiger partial charge in [0.05, 0.1) is 0 Å². The Bertz CT molecular complexity index is 755. The van der Waals surface area contributed by atoms with Gasteiger partial charge in [0, 0.05) is 5.57 Å². The fraction of sp³-hybridized carbons (Fsp3) is 0.786. The highest BCUT2D eigenvalue weighted by molar-refractivity contribution is 5.87. The molecule has 19 heteroatoms. The number of hydrogen-bond donors (Lipinski definition) is 0. The number of carbonyl (C=O) groups is 1. The van der Waals surface area contributed by atoms with E-state index >= 15 is 0 Å². The van der Waals surface area contributed by atoms with Crippen molar-refractivity contribution in [3.8, 4) is 0 Å². The Hall–Kier alpha value is -1.98. The summed E-state index contributed by atoms with van der Waals surface area (Å²) >= 11 is 0. The Kier molecular flexibility index (Phi) is 7.85. The summed E-state index contributed by atoms with van der Waals surface area (Å²) in [6.07, 6.45) is -9.98. The van der Waals surface area contributed by atoms with Crippen molar-refractivity contribution in [1.82, 2.24) is 0 Å². The Morgan fingerprint density at radius 3 is 1.24 bits per heavy atom. The summed E-state index contributed by atoms with van der Waals surface area (Å²) in [6.45, 7) is -0.720. The highest BCUT2D eigenvalue weighted by Gasteiger charge is 2.93. The summed E-state index contributed by atoms with van der Waals surface area (Å²) < 4.78 is 227. The van der Waals surface area contributed by atoms with Crippen LogP contribution in [0.5, 0.6) is 0 Å². The molecular formula is C14H9F17O2. The van der Waals surface area contributed by atoms with Gasteiger partial charge in [-0.05, 0) is 6.92 Å². The number of rotatable bonds is 11. The molecule has 0 aromatic heterocycles. The van der Waals surface area contributed by atoms with Gasteiger partial charge in [0.25, 0.3) is 0 Å². The van der Waals surface area contributed by atoms with Gasteiger partial charge in [0.15, 0.2) is 6.67 Å². The maximum atomic E-state index is 13.5. The van der Waals surface area contributed by atoms with Crippen LogP contribution >= 0.6 is 0 Å². The molecule has 0 radical (unpaired) electrons. The molecule has 0 aliphatic rings. The molecule has 0 saturated heterocycles.